The van der Waals surface area contributed by atoms with Gasteiger partial charge >= 0.3 is 5.97 Å². The predicted octanol–water partition coefficient (Wildman–Crippen LogP) is 3.88. The van der Waals surface area contributed by atoms with E-state index in [9.17, 15) is 9.59 Å². The van der Waals surface area contributed by atoms with Crippen molar-refractivity contribution in [1.82, 2.24) is 0 Å². The summed E-state index contributed by atoms with van der Waals surface area (Å²) in [4.78, 5) is 21.2. The van der Waals surface area contributed by atoms with Crippen LogP contribution in [0.3, 0.4) is 0 Å². The molecule has 0 aliphatic heterocycles. The summed E-state index contributed by atoms with van der Waals surface area (Å²) in [5.74, 6) is -0.944. The number of hydrogen-bond acceptors (Lipinski definition) is 3. The smallest absolute Gasteiger partial charge is 0.335 e. The van der Waals surface area contributed by atoms with Crippen LogP contribution in [0.5, 0.6) is 5.75 Å². The lowest BCUT2D eigenvalue weighted by Crippen LogP contribution is -2.12. The summed E-state index contributed by atoms with van der Waals surface area (Å²) < 4.78 is 5.20. The van der Waals surface area contributed by atoms with E-state index >= 15 is 0 Å². The van der Waals surface area contributed by atoms with Crippen molar-refractivity contribution < 1.29 is 19.4 Å². The average molecular weight is 356 g/mol. The van der Waals surface area contributed by atoms with Gasteiger partial charge in [-0.3, -0.25) is 4.79 Å². The van der Waals surface area contributed by atoms with E-state index in [1.54, 1.807) is 24.3 Å². The molecule has 0 atom stereocenters. The molecule has 2 aromatic rings. The van der Waals surface area contributed by atoms with Gasteiger partial charge in [-0.05, 0) is 37.3 Å². The van der Waals surface area contributed by atoms with Crippen LogP contribution in [-0.2, 0) is 0 Å². The third-order valence-corrected chi connectivity index (χ3v) is 3.00. The van der Waals surface area contributed by atoms with E-state index in [-0.39, 0.29) is 5.56 Å². The predicted molar refractivity (Wildman–Crippen MR) is 89.6 cm³/mol. The maximum absolute atomic E-state index is 10.8. The zero-order valence-corrected chi connectivity index (χ0v) is 13.8. The Hall–Kier alpha value is -2.24. The van der Waals surface area contributed by atoms with Gasteiger partial charge in [0.05, 0.1) is 17.7 Å². The Balaban J connectivity index is 0.000000231. The molecule has 0 unspecified atom stereocenters. The molecule has 0 saturated carbocycles. The number of carbonyl (C=O) groups is 2. The number of para-hydroxylation sites is 1. The van der Waals surface area contributed by atoms with Gasteiger partial charge in [0.15, 0.2) is 0 Å². The number of aromatic carboxylic acids is 1. The average Bonchev–Trinajstić information content (AvgIpc) is 2.47. The van der Waals surface area contributed by atoms with Crippen molar-refractivity contribution in [3.05, 3.63) is 63.6 Å². The fraction of sp³-hybridized carbons (Fsp3) is 0.125. The second-order valence-corrected chi connectivity index (χ2v) is 5.13. The normalized spacial score (nSPS) is 9.52. The Kier molecular flexibility index (Phi) is 7.38. The maximum atomic E-state index is 10.8. The Labute approximate surface area is 143 Å². The highest BCUT2D eigenvalue weighted by Crippen LogP contribution is 2.18. The molecule has 2 rings (SSSR count). The van der Waals surface area contributed by atoms with Crippen LogP contribution in [0, 0.1) is 0 Å². The summed E-state index contributed by atoms with van der Waals surface area (Å²) in [6.07, 6.45) is 0. The highest BCUT2D eigenvalue weighted by molar-refractivity contribution is 6.35. The van der Waals surface area contributed by atoms with Gasteiger partial charge in [0.2, 0.25) is 0 Å². The Morgan fingerprint density at radius 3 is 2.17 bits per heavy atom. The van der Waals surface area contributed by atoms with Gasteiger partial charge in [0, 0.05) is 10.0 Å². The number of halogens is 2. The van der Waals surface area contributed by atoms with E-state index in [1.165, 1.54) is 18.2 Å². The van der Waals surface area contributed by atoms with E-state index in [4.69, 9.17) is 38.8 Å². The number of carbonyl (C=O) groups excluding carboxylic acids is 1. The molecule has 7 heteroatoms. The zero-order chi connectivity index (χ0) is 17.4. The number of benzene rings is 2. The van der Waals surface area contributed by atoms with Gasteiger partial charge in [0.1, 0.15) is 5.75 Å². The van der Waals surface area contributed by atoms with Crippen LogP contribution in [0.2, 0.25) is 10.0 Å². The van der Waals surface area contributed by atoms with E-state index in [0.717, 1.165) is 0 Å². The van der Waals surface area contributed by atoms with Gasteiger partial charge in [0.25, 0.3) is 5.91 Å². The molecule has 0 radical (unpaired) electrons. The Morgan fingerprint density at radius 2 is 1.70 bits per heavy atom. The number of rotatable bonds is 4. The fourth-order valence-electron chi connectivity index (χ4n) is 1.63. The molecule has 2 aromatic carbocycles. The SMILES string of the molecule is CCOc1ccccc1C(N)=O.O=C(O)c1cc(Cl)cc(Cl)c1. The molecule has 0 aliphatic carbocycles. The molecule has 0 fully saturated rings. The number of carboxylic acid groups (broad SMARTS) is 1. The first-order chi connectivity index (χ1) is 10.8. The van der Waals surface area contributed by atoms with Crippen molar-refractivity contribution in [1.29, 1.82) is 0 Å². The van der Waals surface area contributed by atoms with E-state index in [0.29, 0.717) is 28.0 Å². The van der Waals surface area contributed by atoms with Crippen LogP contribution >= 0.6 is 23.2 Å². The Bertz CT molecular complexity index is 684. The molecule has 0 heterocycles. The molecule has 0 bridgehead atoms. The van der Waals surface area contributed by atoms with Crippen LogP contribution in [-0.4, -0.2) is 23.6 Å². The van der Waals surface area contributed by atoms with Crippen molar-refractivity contribution in [2.45, 2.75) is 6.92 Å². The second kappa shape index (κ2) is 9.02. The molecule has 0 aliphatic rings. The number of nitrogens with two attached hydrogens (primary N) is 1. The van der Waals surface area contributed by atoms with E-state index in [2.05, 4.69) is 0 Å². The molecule has 0 spiro atoms. The number of ether oxygens (including phenoxy) is 1. The van der Waals surface area contributed by atoms with Crippen molar-refractivity contribution >= 4 is 35.1 Å². The van der Waals surface area contributed by atoms with Gasteiger partial charge in [-0.15, -0.1) is 0 Å². The van der Waals surface area contributed by atoms with Gasteiger partial charge in [-0.1, -0.05) is 35.3 Å². The van der Waals surface area contributed by atoms with Crippen LogP contribution in [0.4, 0.5) is 0 Å². The first-order valence-corrected chi connectivity index (χ1v) is 7.31. The quantitative estimate of drug-likeness (QED) is 0.870. The summed E-state index contributed by atoms with van der Waals surface area (Å²) in [6.45, 7) is 2.39. The first kappa shape index (κ1) is 18.8. The molecule has 5 nitrogen and oxygen atoms in total. The number of primary amides is 1. The maximum Gasteiger partial charge on any atom is 0.335 e. The van der Waals surface area contributed by atoms with E-state index < -0.39 is 11.9 Å². The van der Waals surface area contributed by atoms with Gasteiger partial charge in [-0.2, -0.15) is 0 Å². The van der Waals surface area contributed by atoms with Gasteiger partial charge in [-0.25, -0.2) is 4.79 Å². The third kappa shape index (κ3) is 6.18. The van der Waals surface area contributed by atoms with Crippen molar-refractivity contribution in [2.24, 2.45) is 5.73 Å². The fourth-order valence-corrected chi connectivity index (χ4v) is 2.15. The molecular weight excluding hydrogens is 341 g/mol. The lowest BCUT2D eigenvalue weighted by Gasteiger charge is -2.05. The summed E-state index contributed by atoms with van der Waals surface area (Å²) in [5.41, 5.74) is 5.66. The highest BCUT2D eigenvalue weighted by Gasteiger charge is 2.06. The summed E-state index contributed by atoms with van der Waals surface area (Å²) >= 11 is 11.1. The van der Waals surface area contributed by atoms with Crippen molar-refractivity contribution in [2.75, 3.05) is 6.61 Å². The second-order valence-electron chi connectivity index (χ2n) is 4.26. The first-order valence-electron chi connectivity index (χ1n) is 6.56. The van der Waals surface area contributed by atoms with Crippen molar-refractivity contribution in [3.8, 4) is 5.75 Å². The number of hydrogen-bond donors (Lipinski definition) is 2. The molecule has 0 aromatic heterocycles. The molecule has 1 amide bonds. The van der Waals surface area contributed by atoms with Gasteiger partial charge < -0.3 is 15.6 Å². The molecule has 122 valence electrons. The third-order valence-electron chi connectivity index (χ3n) is 2.56. The minimum atomic E-state index is -1.03. The minimum Gasteiger partial charge on any atom is -0.493 e. The van der Waals surface area contributed by atoms with Crippen LogP contribution in [0.15, 0.2) is 42.5 Å². The summed E-state index contributed by atoms with van der Waals surface area (Å²) in [5, 5.41) is 9.17. The van der Waals surface area contributed by atoms with Crippen LogP contribution < -0.4 is 10.5 Å². The van der Waals surface area contributed by atoms with Crippen molar-refractivity contribution in [3.63, 3.8) is 0 Å². The number of carboxylic acids is 1. The summed E-state index contributed by atoms with van der Waals surface area (Å²) in [7, 11) is 0. The van der Waals surface area contributed by atoms with Crippen LogP contribution in [0.1, 0.15) is 27.6 Å². The van der Waals surface area contributed by atoms with Crippen LogP contribution in [0.25, 0.3) is 0 Å². The Morgan fingerprint density at radius 1 is 1.13 bits per heavy atom. The lowest BCUT2D eigenvalue weighted by atomic mass is 10.2. The molecule has 0 saturated heterocycles. The van der Waals surface area contributed by atoms with E-state index in [1.807, 2.05) is 6.92 Å². The largest absolute Gasteiger partial charge is 0.493 e. The zero-order valence-electron chi connectivity index (χ0n) is 12.3. The standard InChI is InChI=1S/C9H11NO2.C7H4Cl2O2/c1-2-12-8-6-4-3-5-7(8)9(10)11;8-5-1-4(7(10)11)2-6(9)3-5/h3-6H,2H2,1H3,(H2,10,11);1-3H,(H,10,11). The minimum absolute atomic E-state index is 0.0995. The summed E-state index contributed by atoms with van der Waals surface area (Å²) in [6, 6.07) is 11.1. The highest BCUT2D eigenvalue weighted by atomic mass is 35.5. The lowest BCUT2D eigenvalue weighted by molar-refractivity contribution is 0.0696. The molecular formula is C16H15Cl2NO4. The molecule has 3 N–H and O–H groups in total. The molecule has 23 heavy (non-hydrogen) atoms. The number of amides is 1. The topological polar surface area (TPSA) is 89.6 Å². The monoisotopic (exact) mass is 355 g/mol.